The highest BCUT2D eigenvalue weighted by molar-refractivity contribution is 8.13. The summed E-state index contributed by atoms with van der Waals surface area (Å²) in [6.07, 6.45) is 11.9. The summed E-state index contributed by atoms with van der Waals surface area (Å²) in [5.41, 5.74) is 4.27. The number of aromatic nitrogens is 4. The van der Waals surface area contributed by atoms with Gasteiger partial charge in [0.25, 0.3) is 0 Å². The Morgan fingerprint density at radius 2 is 1.63 bits per heavy atom. The lowest BCUT2D eigenvalue weighted by atomic mass is 9.87. The van der Waals surface area contributed by atoms with Gasteiger partial charge in [-0.25, -0.2) is 28.6 Å². The van der Waals surface area contributed by atoms with Crippen molar-refractivity contribution in [3.8, 4) is 0 Å². The topological polar surface area (TPSA) is 364 Å². The minimum Gasteiger partial charge on any atom is -0.386 e. The van der Waals surface area contributed by atoms with Gasteiger partial charge in [0, 0.05) is 37.1 Å². The smallest absolute Gasteiger partial charge is 0.386 e. The van der Waals surface area contributed by atoms with Gasteiger partial charge in [-0.05, 0) is 32.1 Å². The average molecular weight is 1000 g/mol. The van der Waals surface area contributed by atoms with E-state index in [2.05, 4.69) is 65.3 Å². The van der Waals surface area contributed by atoms with Gasteiger partial charge >= 0.3 is 23.5 Å². The number of unbranched alkanes of at least 4 members (excludes halogenated alkanes) is 5. The van der Waals surface area contributed by atoms with Crippen LogP contribution in [0.25, 0.3) is 11.2 Å². The first-order chi connectivity index (χ1) is 30.6. The maximum Gasteiger partial charge on any atom is 0.481 e. The second-order valence-corrected chi connectivity index (χ2v) is 20.7. The number of imidazole rings is 1. The number of nitrogens with two attached hydrogens (primary N) is 1. The molecule has 7 atom stereocenters. The molecule has 1 fully saturated rings. The van der Waals surface area contributed by atoms with Crippen LogP contribution in [0.1, 0.15) is 84.3 Å². The monoisotopic (exact) mass is 999 g/mol. The first-order valence-electron chi connectivity index (χ1n) is 20.5. The number of nitrogens with one attached hydrogen (secondary N) is 2. The minimum atomic E-state index is -5.58. The summed E-state index contributed by atoms with van der Waals surface area (Å²) >= 11 is 1.13. The highest BCUT2D eigenvalue weighted by Gasteiger charge is 2.50. The predicted molar refractivity (Wildman–Crippen MR) is 237 cm³/mol. The summed E-state index contributed by atoms with van der Waals surface area (Å²) < 4.78 is 62.4. The second-order valence-electron chi connectivity index (χ2n) is 15.3. The number of anilines is 1. The van der Waals surface area contributed by atoms with Crippen molar-refractivity contribution >= 4 is 69.1 Å². The van der Waals surface area contributed by atoms with E-state index in [1.165, 1.54) is 13.8 Å². The van der Waals surface area contributed by atoms with Crippen LogP contribution < -0.4 is 16.4 Å². The zero-order valence-electron chi connectivity index (χ0n) is 36.0. The number of thioether (sulfide) groups is 1. The van der Waals surface area contributed by atoms with Crippen LogP contribution in [0.3, 0.4) is 0 Å². The minimum absolute atomic E-state index is 0.0310. The number of hydrogen-bond acceptors (Lipinski definition) is 18. The zero-order valence-corrected chi connectivity index (χ0v) is 39.5. The fraction of sp³-hybridized carbons (Fsp3) is 0.622. The Balaban J connectivity index is 1.34. The van der Waals surface area contributed by atoms with Gasteiger partial charge in [-0.15, -0.1) is 6.58 Å². The van der Waals surface area contributed by atoms with Crippen molar-refractivity contribution in [2.45, 2.75) is 109 Å². The van der Waals surface area contributed by atoms with Crippen molar-refractivity contribution < 1.29 is 80.5 Å². The molecule has 1 aliphatic heterocycles. The highest BCUT2D eigenvalue weighted by Crippen LogP contribution is 2.61. The molecule has 2 aromatic rings. The number of allylic oxidation sites excluding steroid dienone is 5. The maximum absolute atomic E-state index is 12.7. The summed E-state index contributed by atoms with van der Waals surface area (Å²) in [5, 5.41) is 26.6. The van der Waals surface area contributed by atoms with Crippen LogP contribution in [0, 0.1) is 5.41 Å². The number of fused-ring (bicyclic) bond motifs is 1. The molecule has 0 bridgehead atoms. The van der Waals surface area contributed by atoms with Crippen LogP contribution >= 0.6 is 35.2 Å². The third kappa shape index (κ3) is 20.3. The van der Waals surface area contributed by atoms with Crippen LogP contribution in [0.2, 0.25) is 0 Å². The van der Waals surface area contributed by atoms with E-state index in [9.17, 15) is 57.9 Å². The van der Waals surface area contributed by atoms with Gasteiger partial charge in [0.15, 0.2) is 22.8 Å². The normalized spacial score (nSPS) is 20.5. The van der Waals surface area contributed by atoms with Gasteiger partial charge in [0.1, 0.15) is 36.3 Å². The number of ether oxygens (including phenoxy) is 1. The summed E-state index contributed by atoms with van der Waals surface area (Å²) in [5.74, 6) is -1.06. The molecule has 28 heteroatoms. The number of aliphatic hydroxyl groups excluding tert-OH is 2. The lowest BCUT2D eigenvalue weighted by Crippen LogP contribution is -2.46. The van der Waals surface area contributed by atoms with Gasteiger partial charge in [-0.1, -0.05) is 75.3 Å². The second kappa shape index (κ2) is 26.9. The van der Waals surface area contributed by atoms with Gasteiger partial charge in [-0.2, -0.15) is 4.31 Å². The van der Waals surface area contributed by atoms with Crippen molar-refractivity contribution in [3.05, 3.63) is 49.6 Å². The first kappa shape index (κ1) is 56.1. The number of phosphoric ester groups is 3. The quantitative estimate of drug-likeness (QED) is 0.0296. The number of carbonyl (C=O) groups is 3. The largest absolute Gasteiger partial charge is 0.481 e. The van der Waals surface area contributed by atoms with Gasteiger partial charge in [-0.3, -0.25) is 32.5 Å². The van der Waals surface area contributed by atoms with E-state index in [0.717, 1.165) is 80.4 Å². The molecular formula is C37H60N7O17P3S. The molecule has 0 spiro atoms. The Morgan fingerprint density at radius 3 is 2.35 bits per heavy atom. The standard InChI is InChI=1S/C37H60N7O17P3S/c1-4-5-6-7-8-9-10-11-12-13-14-15-16-17-28(46)65-21-20-39-27(45)18-19-40-35(49)32(48)37(2,3)23-58-64(55,56)61-63(53,54)57-22-26-31(60-62(50,51)52)30(47)36(59-26)44-25-43-29-33(38)41-24-42-34(29)44/h4,6-7,9-10,24-26,30-32,36,47-48H,1,5,8,11-23H2,2-3H3,(H,39,45)(H,40,49)(H,53,54)(H,55,56)(H2,38,41,42)(H2,50,51,52)/b7-6-,10-9-/t26-,30-,31-,32+,36-/m1/s1. The summed E-state index contributed by atoms with van der Waals surface area (Å²) in [6.45, 7) is 4.21. The van der Waals surface area contributed by atoms with Crippen molar-refractivity contribution in [1.82, 2.24) is 30.2 Å². The molecule has 1 aliphatic rings. The number of phosphoric acid groups is 3. The molecule has 2 aromatic heterocycles. The summed E-state index contributed by atoms with van der Waals surface area (Å²) in [6, 6.07) is 0. The fourth-order valence-electron chi connectivity index (χ4n) is 6.01. The Kier molecular flexibility index (Phi) is 23.3. The molecule has 366 valence electrons. The third-order valence-electron chi connectivity index (χ3n) is 9.42. The maximum atomic E-state index is 12.7. The van der Waals surface area contributed by atoms with Gasteiger partial charge in [0.05, 0.1) is 19.5 Å². The molecule has 2 unspecified atom stereocenters. The first-order valence-corrected chi connectivity index (χ1v) is 26.0. The molecule has 3 heterocycles. The van der Waals surface area contributed by atoms with Crippen molar-refractivity contribution in [1.29, 1.82) is 0 Å². The number of nitrogen functional groups attached to an aromatic ring is 1. The number of nitrogens with zero attached hydrogens (tertiary/aromatic N) is 4. The molecule has 0 aliphatic carbocycles. The van der Waals surface area contributed by atoms with Crippen LogP contribution in [-0.4, -0.2) is 123 Å². The Hall–Kier alpha value is -3.22. The van der Waals surface area contributed by atoms with Crippen LogP contribution in [-0.2, 0) is 50.7 Å². The van der Waals surface area contributed by atoms with Gasteiger partial charge < -0.3 is 50.9 Å². The number of aliphatic hydroxyl groups is 2. The van der Waals surface area contributed by atoms with E-state index in [1.54, 1.807) is 0 Å². The summed E-state index contributed by atoms with van der Waals surface area (Å²) in [4.78, 5) is 88.2. The molecule has 10 N–H and O–H groups in total. The number of carbonyl (C=O) groups excluding carboxylic acids is 3. The van der Waals surface area contributed by atoms with Crippen LogP contribution in [0.15, 0.2) is 49.6 Å². The van der Waals surface area contributed by atoms with Crippen molar-refractivity contribution in [3.63, 3.8) is 0 Å². The molecular weight excluding hydrogens is 939 g/mol. The Morgan fingerprint density at radius 1 is 0.954 bits per heavy atom. The van der Waals surface area contributed by atoms with E-state index in [4.69, 9.17) is 19.5 Å². The molecule has 0 saturated carbocycles. The van der Waals surface area contributed by atoms with E-state index in [-0.39, 0.29) is 41.6 Å². The van der Waals surface area contributed by atoms with Crippen LogP contribution in [0.5, 0.6) is 0 Å². The molecule has 24 nitrogen and oxygen atoms in total. The van der Waals surface area contributed by atoms with E-state index < -0.39 is 84.6 Å². The average Bonchev–Trinajstić information content (AvgIpc) is 3.79. The third-order valence-corrected chi connectivity index (χ3v) is 13.5. The SMILES string of the molecule is C=CC/C=C\C/C=C\CCCCCCCC(=O)SCCNC(=O)CCNC(=O)[C@H](O)C(C)(C)COP(=O)(O)OP(=O)(O)OC[C@H]1O[C@@H](n2cnc3c(N)ncnc32)[C@H](O)[C@@H]1OP(=O)(O)O. The lowest BCUT2D eigenvalue weighted by Gasteiger charge is -2.30. The molecule has 2 amide bonds. The summed E-state index contributed by atoms with van der Waals surface area (Å²) in [7, 11) is -16.4. The van der Waals surface area contributed by atoms with Gasteiger partial charge in [0.2, 0.25) is 11.8 Å². The van der Waals surface area contributed by atoms with Crippen LogP contribution in [0.4, 0.5) is 5.82 Å². The number of rotatable bonds is 31. The molecule has 0 aromatic carbocycles. The predicted octanol–water partition coefficient (Wildman–Crippen LogP) is 3.47. The highest BCUT2D eigenvalue weighted by atomic mass is 32.2. The Labute approximate surface area is 380 Å². The number of amides is 2. The molecule has 3 rings (SSSR count). The molecule has 0 radical (unpaired) electrons. The molecule has 1 saturated heterocycles. The number of hydrogen-bond donors (Lipinski definition) is 9. The zero-order chi connectivity index (χ0) is 48.3. The fourth-order valence-corrected chi connectivity index (χ4v) is 9.56. The Bertz CT molecular complexity index is 2090. The van der Waals surface area contributed by atoms with E-state index in [0.29, 0.717) is 12.2 Å². The van der Waals surface area contributed by atoms with E-state index >= 15 is 0 Å². The van der Waals surface area contributed by atoms with Crippen molar-refractivity contribution in [2.75, 3.05) is 37.8 Å². The van der Waals surface area contributed by atoms with Crippen molar-refractivity contribution in [2.24, 2.45) is 5.41 Å². The molecule has 65 heavy (non-hydrogen) atoms. The van der Waals surface area contributed by atoms with E-state index in [1.807, 2.05) is 6.08 Å². The lowest BCUT2D eigenvalue weighted by molar-refractivity contribution is -0.137.